The van der Waals surface area contributed by atoms with Gasteiger partial charge in [-0.05, 0) is 25.3 Å². The Kier molecular flexibility index (Phi) is 4.57. The first-order valence-electron chi connectivity index (χ1n) is 6.30. The Bertz CT molecular complexity index is 535. The van der Waals surface area contributed by atoms with Gasteiger partial charge in [0.05, 0.1) is 27.7 Å². The molecule has 1 aromatic rings. The largest absolute Gasteiger partial charge is 0.379 e. The summed E-state index contributed by atoms with van der Waals surface area (Å²) in [7, 11) is 1.62. The number of halogens is 1. The second-order valence-corrected chi connectivity index (χ2v) is 5.11. The highest BCUT2D eigenvalue weighted by Gasteiger charge is 2.29. The molecule has 1 N–H and O–H groups in total. The minimum absolute atomic E-state index is 0.00998. The van der Waals surface area contributed by atoms with Crippen LogP contribution in [0, 0.1) is 10.1 Å². The van der Waals surface area contributed by atoms with Crippen LogP contribution in [0.5, 0.6) is 0 Å². The number of carbonyl (C=O) groups excluding carboxylic acids is 1. The van der Waals surface area contributed by atoms with Crippen molar-refractivity contribution in [2.45, 2.75) is 31.4 Å². The summed E-state index contributed by atoms with van der Waals surface area (Å²) in [6.07, 6.45) is 2.78. The van der Waals surface area contributed by atoms with E-state index in [0.29, 0.717) is 0 Å². The van der Waals surface area contributed by atoms with Crippen LogP contribution < -0.4 is 5.32 Å². The van der Waals surface area contributed by atoms with Crippen molar-refractivity contribution >= 4 is 23.2 Å². The molecule has 0 aromatic heterocycles. The fraction of sp³-hybridized carbons (Fsp3) is 0.462. The van der Waals surface area contributed by atoms with Crippen molar-refractivity contribution in [3.8, 4) is 0 Å². The molecule has 0 radical (unpaired) electrons. The van der Waals surface area contributed by atoms with Crippen LogP contribution >= 0.6 is 11.6 Å². The lowest BCUT2D eigenvalue weighted by atomic mass is 10.1. The number of carbonyl (C=O) groups is 1. The first-order chi connectivity index (χ1) is 9.52. The van der Waals surface area contributed by atoms with Gasteiger partial charge < -0.3 is 10.1 Å². The summed E-state index contributed by atoms with van der Waals surface area (Å²) in [6.45, 7) is 0. The molecule has 0 saturated heterocycles. The molecule has 1 aliphatic rings. The molecule has 2 unspecified atom stereocenters. The van der Waals surface area contributed by atoms with Crippen LogP contribution in [0.25, 0.3) is 0 Å². The number of nitro benzene ring substituents is 1. The topological polar surface area (TPSA) is 81.5 Å². The summed E-state index contributed by atoms with van der Waals surface area (Å²) < 4.78 is 5.30. The van der Waals surface area contributed by atoms with E-state index < -0.39 is 4.92 Å². The molecule has 1 saturated carbocycles. The van der Waals surface area contributed by atoms with Gasteiger partial charge >= 0.3 is 0 Å². The van der Waals surface area contributed by atoms with Crippen molar-refractivity contribution in [1.29, 1.82) is 0 Å². The number of nitrogens with one attached hydrogen (secondary N) is 1. The maximum absolute atomic E-state index is 12.1. The molecule has 108 valence electrons. The first kappa shape index (κ1) is 14.7. The lowest BCUT2D eigenvalue weighted by molar-refractivity contribution is -0.384. The van der Waals surface area contributed by atoms with E-state index in [-0.39, 0.29) is 34.3 Å². The van der Waals surface area contributed by atoms with Crippen molar-refractivity contribution in [1.82, 2.24) is 5.32 Å². The van der Waals surface area contributed by atoms with Crippen molar-refractivity contribution in [2.75, 3.05) is 7.11 Å². The summed E-state index contributed by atoms with van der Waals surface area (Å²) in [5.41, 5.74) is 0.0983. The Hall–Kier alpha value is -1.66. The maximum atomic E-state index is 12.1. The standard InChI is InChI=1S/C13H15ClN2O4/c1-20-12-4-2-3-11(12)15-13(17)9-6-5-8(16(18)19)7-10(9)14/h5-7,11-12H,2-4H2,1H3,(H,15,17). The summed E-state index contributed by atoms with van der Waals surface area (Å²) in [6, 6.07) is 3.77. The number of hydrogen-bond donors (Lipinski definition) is 1. The maximum Gasteiger partial charge on any atom is 0.270 e. The number of non-ortho nitro benzene ring substituents is 1. The highest BCUT2D eigenvalue weighted by atomic mass is 35.5. The van der Waals surface area contributed by atoms with Gasteiger partial charge in [-0.15, -0.1) is 0 Å². The lowest BCUT2D eigenvalue weighted by Crippen LogP contribution is -2.40. The van der Waals surface area contributed by atoms with Gasteiger partial charge in [0.15, 0.2) is 0 Å². The Morgan fingerprint density at radius 1 is 1.50 bits per heavy atom. The number of amides is 1. The van der Waals surface area contributed by atoms with Gasteiger partial charge in [-0.2, -0.15) is 0 Å². The fourth-order valence-corrected chi connectivity index (χ4v) is 2.68. The number of nitrogens with zero attached hydrogens (tertiary/aromatic N) is 1. The highest BCUT2D eigenvalue weighted by molar-refractivity contribution is 6.34. The predicted octanol–water partition coefficient (Wildman–Crippen LogP) is 2.55. The van der Waals surface area contributed by atoms with Crippen LogP contribution in [0.3, 0.4) is 0 Å². The van der Waals surface area contributed by atoms with Crippen LogP contribution in [0.1, 0.15) is 29.6 Å². The quantitative estimate of drug-likeness (QED) is 0.684. The number of nitro groups is 1. The number of methoxy groups -OCH3 is 1. The minimum atomic E-state index is -0.550. The van der Waals surface area contributed by atoms with Crippen LogP contribution in [0.4, 0.5) is 5.69 Å². The van der Waals surface area contributed by atoms with E-state index in [9.17, 15) is 14.9 Å². The lowest BCUT2D eigenvalue weighted by Gasteiger charge is -2.19. The molecule has 1 aliphatic carbocycles. The van der Waals surface area contributed by atoms with E-state index in [1.165, 1.54) is 18.2 Å². The zero-order valence-corrected chi connectivity index (χ0v) is 11.7. The minimum Gasteiger partial charge on any atom is -0.379 e. The van der Waals surface area contributed by atoms with Crippen molar-refractivity contribution in [2.24, 2.45) is 0 Å². The normalized spacial score (nSPS) is 21.7. The third-order valence-electron chi connectivity index (χ3n) is 3.48. The van der Waals surface area contributed by atoms with Gasteiger partial charge in [-0.1, -0.05) is 11.6 Å². The van der Waals surface area contributed by atoms with Gasteiger partial charge in [0.25, 0.3) is 11.6 Å². The van der Waals surface area contributed by atoms with Crippen LogP contribution in [0.15, 0.2) is 18.2 Å². The number of ether oxygens (including phenoxy) is 1. The second kappa shape index (κ2) is 6.19. The summed E-state index contributed by atoms with van der Waals surface area (Å²) >= 11 is 5.93. The summed E-state index contributed by atoms with van der Waals surface area (Å²) in [4.78, 5) is 22.2. The molecular weight excluding hydrogens is 284 g/mol. The fourth-order valence-electron chi connectivity index (χ4n) is 2.42. The van der Waals surface area contributed by atoms with Crippen LogP contribution in [-0.4, -0.2) is 30.1 Å². The van der Waals surface area contributed by atoms with E-state index >= 15 is 0 Å². The average Bonchev–Trinajstić information content (AvgIpc) is 2.85. The number of hydrogen-bond acceptors (Lipinski definition) is 4. The van der Waals surface area contributed by atoms with Gasteiger partial charge in [0, 0.05) is 19.2 Å². The Morgan fingerprint density at radius 2 is 2.25 bits per heavy atom. The molecule has 2 atom stereocenters. The predicted molar refractivity (Wildman–Crippen MR) is 74.0 cm³/mol. The Balaban J connectivity index is 2.11. The van der Waals surface area contributed by atoms with E-state index in [1.807, 2.05) is 0 Å². The van der Waals surface area contributed by atoms with E-state index in [1.54, 1.807) is 7.11 Å². The zero-order valence-electron chi connectivity index (χ0n) is 11.0. The average molecular weight is 299 g/mol. The smallest absolute Gasteiger partial charge is 0.270 e. The molecule has 0 heterocycles. The van der Waals surface area contributed by atoms with Crippen molar-refractivity contribution in [3.63, 3.8) is 0 Å². The molecule has 1 aromatic carbocycles. The summed E-state index contributed by atoms with van der Waals surface area (Å²) in [5.74, 6) is -0.334. The van der Waals surface area contributed by atoms with Crippen molar-refractivity contribution < 1.29 is 14.5 Å². The van der Waals surface area contributed by atoms with Gasteiger partial charge in [-0.25, -0.2) is 0 Å². The second-order valence-electron chi connectivity index (χ2n) is 4.71. The van der Waals surface area contributed by atoms with Crippen molar-refractivity contribution in [3.05, 3.63) is 38.9 Å². The molecule has 0 spiro atoms. The monoisotopic (exact) mass is 298 g/mol. The first-order valence-corrected chi connectivity index (χ1v) is 6.68. The van der Waals surface area contributed by atoms with E-state index in [0.717, 1.165) is 19.3 Å². The third kappa shape index (κ3) is 3.08. The Morgan fingerprint density at radius 3 is 2.85 bits per heavy atom. The van der Waals surface area contributed by atoms with Gasteiger partial charge in [-0.3, -0.25) is 14.9 Å². The van der Waals surface area contributed by atoms with E-state index in [2.05, 4.69) is 5.32 Å². The van der Waals surface area contributed by atoms with Crippen LogP contribution in [-0.2, 0) is 4.74 Å². The molecule has 20 heavy (non-hydrogen) atoms. The molecule has 7 heteroatoms. The third-order valence-corrected chi connectivity index (χ3v) is 3.79. The number of benzene rings is 1. The van der Waals surface area contributed by atoms with Gasteiger partial charge in [0.2, 0.25) is 0 Å². The van der Waals surface area contributed by atoms with E-state index in [4.69, 9.17) is 16.3 Å². The molecule has 1 amide bonds. The molecule has 0 bridgehead atoms. The Labute approximate surface area is 121 Å². The molecule has 1 fully saturated rings. The molecule has 0 aliphatic heterocycles. The SMILES string of the molecule is COC1CCCC1NC(=O)c1ccc([N+](=O)[O-])cc1Cl. The van der Waals surface area contributed by atoms with Crippen LogP contribution in [0.2, 0.25) is 5.02 Å². The summed E-state index contributed by atoms with van der Waals surface area (Å²) in [5, 5.41) is 13.6. The highest BCUT2D eigenvalue weighted by Crippen LogP contribution is 2.25. The molecular formula is C13H15ClN2O4. The molecule has 2 rings (SSSR count). The number of rotatable bonds is 4. The zero-order chi connectivity index (χ0) is 14.7. The van der Waals surface area contributed by atoms with Gasteiger partial charge in [0.1, 0.15) is 0 Å². The molecule has 6 nitrogen and oxygen atoms in total.